The van der Waals surface area contributed by atoms with Gasteiger partial charge in [0.25, 0.3) is 0 Å². The minimum atomic E-state index is -0.444. The van der Waals surface area contributed by atoms with Crippen LogP contribution in [0.3, 0.4) is 0 Å². The van der Waals surface area contributed by atoms with Crippen LogP contribution in [0.2, 0.25) is 0 Å². The lowest BCUT2D eigenvalue weighted by molar-refractivity contribution is 0.457. The van der Waals surface area contributed by atoms with E-state index in [1.165, 1.54) is 0 Å². The van der Waals surface area contributed by atoms with E-state index in [9.17, 15) is 4.79 Å². The van der Waals surface area contributed by atoms with Crippen molar-refractivity contribution in [2.75, 3.05) is 0 Å². The highest BCUT2D eigenvalue weighted by atomic mass is 16.4. The fourth-order valence-corrected chi connectivity index (χ4v) is 1.21. The molecule has 0 spiro atoms. The lowest BCUT2D eigenvalue weighted by Crippen LogP contribution is -2.04. The Labute approximate surface area is 79.4 Å². The molecule has 1 aromatic carbocycles. The van der Waals surface area contributed by atoms with Crippen molar-refractivity contribution in [1.29, 1.82) is 5.26 Å². The Balaban J connectivity index is 2.74. The van der Waals surface area contributed by atoms with Crippen molar-refractivity contribution in [2.24, 2.45) is 0 Å². The molecule has 4 heteroatoms. The molecule has 0 amide bonds. The minimum Gasteiger partial charge on any atom is -0.407 e. The van der Waals surface area contributed by atoms with Crippen LogP contribution in [0, 0.1) is 11.3 Å². The number of fused-ring (bicyclic) bond motifs is 1. The van der Waals surface area contributed by atoms with Gasteiger partial charge in [-0.05, 0) is 12.1 Å². The first-order valence-electron chi connectivity index (χ1n) is 4.07. The van der Waals surface area contributed by atoms with Gasteiger partial charge >= 0.3 is 5.63 Å². The van der Waals surface area contributed by atoms with E-state index in [1.807, 2.05) is 6.07 Å². The molecule has 0 aliphatic carbocycles. The predicted octanol–water partition coefficient (Wildman–Crippen LogP) is 1.25. The smallest absolute Gasteiger partial charge is 0.346 e. The third kappa shape index (κ3) is 1.36. The molecule has 0 aliphatic heterocycles. The normalized spacial score (nSPS) is 9.93. The van der Waals surface area contributed by atoms with Gasteiger partial charge in [-0.15, -0.1) is 0 Å². The summed E-state index contributed by atoms with van der Waals surface area (Å²) in [5.74, 6) is 0.163. The average Bonchev–Trinajstić information content (AvgIpc) is 2.18. The van der Waals surface area contributed by atoms with Crippen LogP contribution in [0.5, 0.6) is 0 Å². The van der Waals surface area contributed by atoms with Crippen LogP contribution in [-0.2, 0) is 6.42 Å². The second-order valence-corrected chi connectivity index (χ2v) is 2.75. The Kier molecular flexibility index (Phi) is 1.99. The summed E-state index contributed by atoms with van der Waals surface area (Å²) in [7, 11) is 0. The van der Waals surface area contributed by atoms with Gasteiger partial charge in [0.15, 0.2) is 0 Å². The number of hydrogen-bond donors (Lipinski definition) is 0. The molecule has 2 rings (SSSR count). The molecule has 0 saturated heterocycles. The van der Waals surface area contributed by atoms with Crippen LogP contribution in [0.4, 0.5) is 0 Å². The van der Waals surface area contributed by atoms with Gasteiger partial charge < -0.3 is 4.42 Å². The molecule has 0 aliphatic rings. The van der Waals surface area contributed by atoms with Crippen LogP contribution >= 0.6 is 0 Å². The van der Waals surface area contributed by atoms with Gasteiger partial charge in [-0.2, -0.15) is 5.26 Å². The number of rotatable bonds is 1. The molecule has 0 N–H and O–H groups in total. The first-order chi connectivity index (χ1) is 6.81. The maximum Gasteiger partial charge on any atom is 0.346 e. The molecule has 4 nitrogen and oxygen atoms in total. The topological polar surface area (TPSA) is 66.9 Å². The number of nitriles is 1. The molecule has 68 valence electrons. The van der Waals surface area contributed by atoms with Gasteiger partial charge in [0.1, 0.15) is 6.42 Å². The van der Waals surface area contributed by atoms with Crippen LogP contribution in [0.15, 0.2) is 33.5 Å². The molecular weight excluding hydrogens is 180 g/mol. The highest BCUT2D eigenvalue weighted by Gasteiger charge is 2.04. The van der Waals surface area contributed by atoms with Gasteiger partial charge in [-0.3, -0.25) is 0 Å². The molecule has 0 atom stereocenters. The van der Waals surface area contributed by atoms with Crippen molar-refractivity contribution in [3.8, 4) is 6.07 Å². The van der Waals surface area contributed by atoms with E-state index in [2.05, 4.69) is 4.98 Å². The summed E-state index contributed by atoms with van der Waals surface area (Å²) in [5.41, 5.74) is 0.120. The SMILES string of the molecule is N#CCc1nc2ccccc2c(=O)o1. The van der Waals surface area contributed by atoms with Crippen molar-refractivity contribution in [1.82, 2.24) is 4.98 Å². The summed E-state index contributed by atoms with van der Waals surface area (Å²) < 4.78 is 4.84. The van der Waals surface area contributed by atoms with Crippen LogP contribution in [-0.4, -0.2) is 4.98 Å². The summed E-state index contributed by atoms with van der Waals surface area (Å²) in [5, 5.41) is 8.87. The largest absolute Gasteiger partial charge is 0.407 e. The zero-order valence-corrected chi connectivity index (χ0v) is 7.23. The van der Waals surface area contributed by atoms with Gasteiger partial charge in [0.2, 0.25) is 5.89 Å². The Morgan fingerprint density at radius 1 is 1.43 bits per heavy atom. The highest BCUT2D eigenvalue weighted by molar-refractivity contribution is 5.76. The fraction of sp³-hybridized carbons (Fsp3) is 0.100. The van der Waals surface area contributed by atoms with E-state index in [-0.39, 0.29) is 12.3 Å². The third-order valence-corrected chi connectivity index (χ3v) is 1.81. The molecule has 14 heavy (non-hydrogen) atoms. The van der Waals surface area contributed by atoms with Gasteiger partial charge in [-0.1, -0.05) is 12.1 Å². The second-order valence-electron chi connectivity index (χ2n) is 2.75. The lowest BCUT2D eigenvalue weighted by Gasteiger charge is -1.96. The summed E-state index contributed by atoms with van der Waals surface area (Å²) in [6.07, 6.45) is 0.0140. The predicted molar refractivity (Wildman–Crippen MR) is 49.6 cm³/mol. The van der Waals surface area contributed by atoms with Crippen molar-refractivity contribution in [3.05, 3.63) is 40.6 Å². The van der Waals surface area contributed by atoms with Crippen molar-refractivity contribution < 1.29 is 4.42 Å². The molecule has 0 fully saturated rings. The van der Waals surface area contributed by atoms with E-state index in [0.29, 0.717) is 10.9 Å². The monoisotopic (exact) mass is 186 g/mol. The van der Waals surface area contributed by atoms with Crippen molar-refractivity contribution >= 4 is 10.9 Å². The molecule has 0 saturated carbocycles. The van der Waals surface area contributed by atoms with Crippen LogP contribution in [0.25, 0.3) is 10.9 Å². The van der Waals surface area contributed by atoms with Gasteiger partial charge in [0.05, 0.1) is 17.0 Å². The van der Waals surface area contributed by atoms with Gasteiger partial charge in [-0.25, -0.2) is 9.78 Å². The number of benzene rings is 1. The molecule has 1 heterocycles. The quantitative estimate of drug-likeness (QED) is 0.672. The number of nitrogens with zero attached hydrogens (tertiary/aromatic N) is 2. The molecular formula is C10H6N2O2. The molecule has 1 aromatic heterocycles. The maximum absolute atomic E-state index is 11.4. The number of aromatic nitrogens is 1. The van der Waals surface area contributed by atoms with E-state index in [0.717, 1.165) is 0 Å². The first kappa shape index (κ1) is 8.45. The maximum atomic E-state index is 11.4. The molecule has 2 aromatic rings. The van der Waals surface area contributed by atoms with Crippen molar-refractivity contribution in [3.63, 3.8) is 0 Å². The Morgan fingerprint density at radius 2 is 2.21 bits per heavy atom. The third-order valence-electron chi connectivity index (χ3n) is 1.81. The Bertz CT molecular complexity index is 566. The second kappa shape index (κ2) is 3.30. The van der Waals surface area contributed by atoms with Crippen LogP contribution in [0.1, 0.15) is 5.89 Å². The molecule has 0 radical (unpaired) electrons. The van der Waals surface area contributed by atoms with E-state index < -0.39 is 5.63 Å². The number of para-hydroxylation sites is 1. The molecule has 0 unspecified atom stereocenters. The first-order valence-corrected chi connectivity index (χ1v) is 4.07. The van der Waals surface area contributed by atoms with Crippen molar-refractivity contribution in [2.45, 2.75) is 6.42 Å². The lowest BCUT2D eigenvalue weighted by atomic mass is 10.2. The van der Waals surface area contributed by atoms with E-state index in [1.54, 1.807) is 24.3 Å². The zero-order valence-electron chi connectivity index (χ0n) is 7.23. The summed E-state index contributed by atoms with van der Waals surface area (Å²) in [4.78, 5) is 15.4. The number of hydrogen-bond acceptors (Lipinski definition) is 4. The summed E-state index contributed by atoms with van der Waals surface area (Å²) >= 11 is 0. The van der Waals surface area contributed by atoms with E-state index >= 15 is 0 Å². The Morgan fingerprint density at radius 3 is 3.00 bits per heavy atom. The minimum absolute atomic E-state index is 0.0140. The van der Waals surface area contributed by atoms with E-state index in [4.69, 9.17) is 9.68 Å². The average molecular weight is 186 g/mol. The standard InChI is InChI=1S/C10H6N2O2/c11-6-5-9-12-8-4-2-1-3-7(8)10(13)14-9/h1-4H,5H2. The zero-order chi connectivity index (χ0) is 9.97. The highest BCUT2D eigenvalue weighted by Crippen LogP contribution is 2.07. The Hall–Kier alpha value is -2.15. The van der Waals surface area contributed by atoms with Gasteiger partial charge in [0, 0.05) is 0 Å². The summed E-state index contributed by atoms with van der Waals surface area (Å²) in [6, 6.07) is 8.76. The molecule has 0 bridgehead atoms. The summed E-state index contributed by atoms with van der Waals surface area (Å²) in [6.45, 7) is 0. The fourth-order valence-electron chi connectivity index (χ4n) is 1.21. The van der Waals surface area contributed by atoms with Crippen LogP contribution < -0.4 is 5.63 Å².